The third-order valence-corrected chi connectivity index (χ3v) is 3.05. The summed E-state index contributed by atoms with van der Waals surface area (Å²) < 4.78 is 14.8. The molecule has 0 amide bonds. The van der Waals surface area contributed by atoms with Crippen LogP contribution in [0.25, 0.3) is 0 Å². The number of hydrogen-bond acceptors (Lipinski definition) is 3. The molecule has 1 aromatic carbocycles. The molecule has 4 nitrogen and oxygen atoms in total. The molecule has 1 heterocycles. The van der Waals surface area contributed by atoms with Gasteiger partial charge >= 0.3 is 0 Å². The lowest BCUT2D eigenvalue weighted by atomic mass is 10.2. The average molecular weight is 269 g/mol. The summed E-state index contributed by atoms with van der Waals surface area (Å²) in [5, 5.41) is 8.31. The van der Waals surface area contributed by atoms with Gasteiger partial charge in [0.2, 0.25) is 0 Å². The summed E-state index contributed by atoms with van der Waals surface area (Å²) >= 11 is 6.02. The Morgan fingerprint density at radius 3 is 2.94 bits per heavy atom. The first-order chi connectivity index (χ1) is 8.61. The molecule has 0 aliphatic heterocycles. The third-order valence-electron chi connectivity index (χ3n) is 2.68. The van der Waals surface area contributed by atoms with Crippen molar-refractivity contribution in [1.29, 1.82) is 0 Å². The summed E-state index contributed by atoms with van der Waals surface area (Å²) in [6, 6.07) is 4.26. The smallest absolute Gasteiger partial charge is 0.169 e. The fourth-order valence-corrected chi connectivity index (χ4v) is 1.97. The number of rotatable bonds is 4. The summed E-state index contributed by atoms with van der Waals surface area (Å²) in [4.78, 5) is 0. The van der Waals surface area contributed by atoms with Crippen LogP contribution in [-0.4, -0.2) is 15.0 Å². The van der Waals surface area contributed by atoms with E-state index in [4.69, 9.17) is 17.3 Å². The van der Waals surface area contributed by atoms with Gasteiger partial charge in [-0.05, 0) is 30.2 Å². The molecule has 0 atom stereocenters. The van der Waals surface area contributed by atoms with Gasteiger partial charge in [-0.3, -0.25) is 0 Å². The Hall–Kier alpha value is -1.62. The van der Waals surface area contributed by atoms with E-state index in [2.05, 4.69) is 10.3 Å². The summed E-state index contributed by atoms with van der Waals surface area (Å²) in [6.45, 7) is 2.42. The van der Waals surface area contributed by atoms with Gasteiger partial charge in [-0.1, -0.05) is 30.2 Å². The molecule has 2 N–H and O–H groups in total. The van der Waals surface area contributed by atoms with E-state index in [9.17, 15) is 4.39 Å². The van der Waals surface area contributed by atoms with Crippen LogP contribution in [0.3, 0.4) is 0 Å². The molecule has 0 unspecified atom stereocenters. The van der Waals surface area contributed by atoms with Gasteiger partial charge in [0.15, 0.2) is 5.82 Å². The van der Waals surface area contributed by atoms with E-state index in [1.807, 2.05) is 6.92 Å². The summed E-state index contributed by atoms with van der Waals surface area (Å²) in [6.07, 6.45) is 1.72. The zero-order valence-corrected chi connectivity index (χ0v) is 10.8. The molecule has 0 spiro atoms. The minimum absolute atomic E-state index is 0.320. The second-order valence-electron chi connectivity index (χ2n) is 4.06. The van der Waals surface area contributed by atoms with Crippen LogP contribution in [0.5, 0.6) is 0 Å². The largest absolute Gasteiger partial charge is 0.381 e. The SMILES string of the molecule is CCCc1c(N)nnn1Cc1cc(F)ccc1Cl. The number of nitrogens with zero attached hydrogens (tertiary/aromatic N) is 3. The zero-order chi connectivity index (χ0) is 13.1. The van der Waals surface area contributed by atoms with Gasteiger partial charge in [0, 0.05) is 5.02 Å². The lowest BCUT2D eigenvalue weighted by molar-refractivity contribution is 0.599. The quantitative estimate of drug-likeness (QED) is 0.927. The first-order valence-corrected chi connectivity index (χ1v) is 6.11. The Morgan fingerprint density at radius 2 is 2.22 bits per heavy atom. The molecule has 6 heteroatoms. The molecule has 18 heavy (non-hydrogen) atoms. The molecule has 2 rings (SSSR count). The van der Waals surface area contributed by atoms with E-state index >= 15 is 0 Å². The van der Waals surface area contributed by atoms with E-state index in [0.717, 1.165) is 18.5 Å². The molecule has 0 saturated heterocycles. The zero-order valence-electron chi connectivity index (χ0n) is 10.0. The van der Waals surface area contributed by atoms with Crippen molar-refractivity contribution in [3.63, 3.8) is 0 Å². The van der Waals surface area contributed by atoms with Crippen LogP contribution >= 0.6 is 11.6 Å². The highest BCUT2D eigenvalue weighted by atomic mass is 35.5. The van der Waals surface area contributed by atoms with Crippen molar-refractivity contribution in [2.45, 2.75) is 26.3 Å². The van der Waals surface area contributed by atoms with Gasteiger partial charge in [0.1, 0.15) is 5.82 Å². The lowest BCUT2D eigenvalue weighted by Crippen LogP contribution is -2.08. The predicted molar refractivity (Wildman–Crippen MR) is 68.9 cm³/mol. The van der Waals surface area contributed by atoms with Gasteiger partial charge in [-0.25, -0.2) is 9.07 Å². The monoisotopic (exact) mass is 268 g/mol. The Kier molecular flexibility index (Phi) is 3.81. The van der Waals surface area contributed by atoms with Crippen molar-refractivity contribution in [1.82, 2.24) is 15.0 Å². The maximum absolute atomic E-state index is 13.2. The summed E-state index contributed by atoms with van der Waals surface area (Å²) in [5.41, 5.74) is 7.27. The Morgan fingerprint density at radius 1 is 1.44 bits per heavy atom. The molecule has 0 saturated carbocycles. The van der Waals surface area contributed by atoms with Gasteiger partial charge in [-0.2, -0.15) is 0 Å². The molecule has 0 radical (unpaired) electrons. The summed E-state index contributed by atoms with van der Waals surface area (Å²) in [5.74, 6) is 0.101. The van der Waals surface area contributed by atoms with Crippen molar-refractivity contribution in [3.05, 3.63) is 40.3 Å². The fraction of sp³-hybridized carbons (Fsp3) is 0.333. The minimum atomic E-state index is -0.320. The molecule has 96 valence electrons. The van der Waals surface area contributed by atoms with Crippen molar-refractivity contribution in [2.75, 3.05) is 5.73 Å². The Balaban J connectivity index is 2.31. The number of benzene rings is 1. The van der Waals surface area contributed by atoms with E-state index < -0.39 is 0 Å². The lowest BCUT2D eigenvalue weighted by Gasteiger charge is -2.07. The third kappa shape index (κ3) is 2.61. The minimum Gasteiger partial charge on any atom is -0.381 e. The highest BCUT2D eigenvalue weighted by molar-refractivity contribution is 6.31. The molecular formula is C12H14ClFN4. The van der Waals surface area contributed by atoms with E-state index in [0.29, 0.717) is 22.9 Å². The van der Waals surface area contributed by atoms with Crippen LogP contribution < -0.4 is 5.73 Å². The fourth-order valence-electron chi connectivity index (χ4n) is 1.79. The van der Waals surface area contributed by atoms with Crippen LogP contribution in [0, 0.1) is 5.82 Å². The maximum atomic E-state index is 13.2. The van der Waals surface area contributed by atoms with E-state index in [1.54, 1.807) is 4.68 Å². The van der Waals surface area contributed by atoms with Crippen molar-refractivity contribution < 1.29 is 4.39 Å². The molecule has 0 aliphatic rings. The number of halogens is 2. The van der Waals surface area contributed by atoms with Crippen molar-refractivity contribution in [2.24, 2.45) is 0 Å². The Labute approximate surface area is 110 Å². The molecule has 0 fully saturated rings. The molecule has 0 bridgehead atoms. The van der Waals surface area contributed by atoms with E-state index in [-0.39, 0.29) is 5.82 Å². The van der Waals surface area contributed by atoms with Gasteiger partial charge in [0.25, 0.3) is 0 Å². The highest BCUT2D eigenvalue weighted by Crippen LogP contribution is 2.20. The van der Waals surface area contributed by atoms with Crippen LogP contribution in [0.2, 0.25) is 5.02 Å². The normalized spacial score (nSPS) is 10.8. The molecular weight excluding hydrogens is 255 g/mol. The topological polar surface area (TPSA) is 56.7 Å². The van der Waals surface area contributed by atoms with Crippen molar-refractivity contribution in [3.8, 4) is 0 Å². The van der Waals surface area contributed by atoms with Crippen LogP contribution in [-0.2, 0) is 13.0 Å². The molecule has 1 aromatic heterocycles. The molecule has 0 aliphatic carbocycles. The van der Waals surface area contributed by atoms with E-state index in [1.165, 1.54) is 18.2 Å². The first-order valence-electron chi connectivity index (χ1n) is 5.73. The van der Waals surface area contributed by atoms with Crippen LogP contribution in [0.1, 0.15) is 24.6 Å². The molecule has 2 aromatic rings. The standard InChI is InChI=1S/C12H14ClFN4/c1-2-3-11-12(15)16-17-18(11)7-8-6-9(14)4-5-10(8)13/h4-6H,2-3,7,15H2,1H3. The maximum Gasteiger partial charge on any atom is 0.169 e. The second-order valence-corrected chi connectivity index (χ2v) is 4.47. The number of nitrogens with two attached hydrogens (primary N) is 1. The average Bonchev–Trinajstić information content (AvgIpc) is 2.67. The predicted octanol–water partition coefficient (Wildman–Crippen LogP) is 2.65. The second kappa shape index (κ2) is 5.35. The number of anilines is 1. The summed E-state index contributed by atoms with van der Waals surface area (Å²) in [7, 11) is 0. The van der Waals surface area contributed by atoms with Crippen molar-refractivity contribution >= 4 is 17.4 Å². The first kappa shape index (κ1) is 12.8. The Bertz CT molecular complexity index is 553. The highest BCUT2D eigenvalue weighted by Gasteiger charge is 2.11. The number of nitrogen functional groups attached to an aromatic ring is 1. The van der Waals surface area contributed by atoms with Gasteiger partial charge in [0.05, 0.1) is 12.2 Å². The number of hydrogen-bond donors (Lipinski definition) is 1. The van der Waals surface area contributed by atoms with Crippen LogP contribution in [0.4, 0.5) is 10.2 Å². The van der Waals surface area contributed by atoms with Gasteiger partial charge in [-0.15, -0.1) is 5.10 Å². The number of aromatic nitrogens is 3. The van der Waals surface area contributed by atoms with Gasteiger partial charge < -0.3 is 5.73 Å². The van der Waals surface area contributed by atoms with Crippen LogP contribution in [0.15, 0.2) is 18.2 Å².